The minimum atomic E-state index is -1.05. The van der Waals surface area contributed by atoms with Gasteiger partial charge in [-0.25, -0.2) is 9.97 Å². The summed E-state index contributed by atoms with van der Waals surface area (Å²) >= 11 is 0. The van der Waals surface area contributed by atoms with E-state index in [1.54, 1.807) is 7.11 Å². The van der Waals surface area contributed by atoms with Gasteiger partial charge in [0.2, 0.25) is 5.91 Å². The van der Waals surface area contributed by atoms with Crippen molar-refractivity contribution < 1.29 is 9.53 Å². The number of aromatic nitrogens is 2. The number of carbonyl (C=O) groups excluding carboxylic acids is 1. The monoisotopic (exact) mass is 443 g/mol. The number of para-hydroxylation sites is 2. The fourth-order valence-corrected chi connectivity index (χ4v) is 4.55. The van der Waals surface area contributed by atoms with Gasteiger partial charge in [0.25, 0.3) is 0 Å². The molecule has 3 unspecified atom stereocenters. The van der Waals surface area contributed by atoms with Gasteiger partial charge in [0.05, 0.1) is 24.2 Å². The first-order chi connectivity index (χ1) is 16.0. The number of benzene rings is 2. The number of anilines is 1. The summed E-state index contributed by atoms with van der Waals surface area (Å²) in [5, 5.41) is 12.9. The molecule has 7 nitrogen and oxygen atoms in total. The van der Waals surface area contributed by atoms with Crippen LogP contribution >= 0.6 is 0 Å². The molecule has 0 spiro atoms. The maximum atomic E-state index is 13.1. The second-order valence-corrected chi connectivity index (χ2v) is 8.90. The number of fused-ring (bicyclic) bond motifs is 1. The van der Waals surface area contributed by atoms with E-state index in [1.807, 2.05) is 48.5 Å². The summed E-state index contributed by atoms with van der Waals surface area (Å²) < 4.78 is 5.18. The van der Waals surface area contributed by atoms with Gasteiger partial charge in [0, 0.05) is 19.6 Å². The summed E-state index contributed by atoms with van der Waals surface area (Å²) in [5.74, 6) is 0.957. The average molecular weight is 444 g/mol. The van der Waals surface area contributed by atoms with Crippen molar-refractivity contribution in [1.29, 1.82) is 5.26 Å². The summed E-state index contributed by atoms with van der Waals surface area (Å²) in [6, 6.07) is 17.2. The van der Waals surface area contributed by atoms with Gasteiger partial charge in [-0.15, -0.1) is 0 Å². The van der Waals surface area contributed by atoms with Gasteiger partial charge < -0.3 is 15.0 Å². The summed E-state index contributed by atoms with van der Waals surface area (Å²) in [5.41, 5.74) is 2.78. The van der Waals surface area contributed by atoms with Crippen LogP contribution in [0.3, 0.4) is 0 Å². The predicted octanol–water partition coefficient (Wildman–Crippen LogP) is 4.04. The number of ether oxygens (including phenoxy) is 1. The molecule has 4 rings (SSSR count). The maximum absolute atomic E-state index is 13.1. The van der Waals surface area contributed by atoms with Gasteiger partial charge in [-0.2, -0.15) is 5.26 Å². The summed E-state index contributed by atoms with van der Waals surface area (Å²) in [6.07, 6.45) is 1.15. The summed E-state index contributed by atoms with van der Waals surface area (Å²) in [4.78, 5) is 25.0. The fourth-order valence-electron chi connectivity index (χ4n) is 4.55. The van der Waals surface area contributed by atoms with E-state index < -0.39 is 5.92 Å². The van der Waals surface area contributed by atoms with Crippen molar-refractivity contribution in [3.63, 3.8) is 0 Å². The zero-order valence-electron chi connectivity index (χ0n) is 19.3. The molecule has 1 saturated heterocycles. The number of carbonyl (C=O) groups is 1. The number of hydrogen-bond acceptors (Lipinski definition) is 6. The Morgan fingerprint density at radius 3 is 2.36 bits per heavy atom. The molecule has 170 valence electrons. The molecule has 0 radical (unpaired) electrons. The number of nitriles is 1. The highest BCUT2D eigenvalue weighted by molar-refractivity contribution is 5.88. The maximum Gasteiger partial charge on any atom is 0.243 e. The molecule has 3 atom stereocenters. The summed E-state index contributed by atoms with van der Waals surface area (Å²) in [6.45, 7) is 6.42. The largest absolute Gasteiger partial charge is 0.497 e. The molecule has 1 aromatic heterocycles. The SMILES string of the molecule is COc1ccc(CNC(=O)C(C#N)c2nc3ccccc3nc2N2CC(C)CC(C)C2)cc1. The minimum Gasteiger partial charge on any atom is -0.497 e. The smallest absolute Gasteiger partial charge is 0.243 e. The standard InChI is InChI=1S/C26H29N5O2/c1-17-12-18(2)16-31(15-17)25-24(29-22-6-4-5-7-23(22)30-25)21(13-27)26(32)28-14-19-8-10-20(33-3)11-9-19/h4-11,17-18,21H,12,14-16H2,1-3H3,(H,28,32). The van der Waals surface area contributed by atoms with Crippen LogP contribution in [0.25, 0.3) is 11.0 Å². The predicted molar refractivity (Wildman–Crippen MR) is 128 cm³/mol. The number of amides is 1. The van der Waals surface area contributed by atoms with Crippen LogP contribution in [0.5, 0.6) is 5.75 Å². The first kappa shape index (κ1) is 22.5. The Morgan fingerprint density at radius 2 is 1.76 bits per heavy atom. The zero-order valence-corrected chi connectivity index (χ0v) is 19.3. The van der Waals surface area contributed by atoms with Crippen LogP contribution in [0, 0.1) is 23.2 Å². The van der Waals surface area contributed by atoms with Gasteiger partial charge in [-0.3, -0.25) is 4.79 Å². The molecule has 1 fully saturated rings. The molecule has 3 aromatic rings. The van der Waals surface area contributed by atoms with Crippen LogP contribution in [0.15, 0.2) is 48.5 Å². The molecule has 2 aromatic carbocycles. The third-order valence-corrected chi connectivity index (χ3v) is 6.04. The van der Waals surface area contributed by atoms with Crippen molar-refractivity contribution >= 4 is 22.8 Å². The van der Waals surface area contributed by atoms with E-state index in [9.17, 15) is 10.1 Å². The highest BCUT2D eigenvalue weighted by Gasteiger charge is 2.31. The molecule has 7 heteroatoms. The molecule has 0 saturated carbocycles. The molecule has 0 bridgehead atoms. The zero-order chi connectivity index (χ0) is 23.4. The minimum absolute atomic E-state index is 0.315. The van der Waals surface area contributed by atoms with Gasteiger partial charge in [-0.05, 0) is 48.1 Å². The third-order valence-electron chi connectivity index (χ3n) is 6.04. The molecular formula is C26H29N5O2. The van der Waals surface area contributed by atoms with Crippen molar-refractivity contribution in [2.45, 2.75) is 32.7 Å². The molecule has 1 aliphatic heterocycles. The Balaban J connectivity index is 1.64. The molecule has 2 heterocycles. The lowest BCUT2D eigenvalue weighted by Crippen LogP contribution is -2.40. The fraction of sp³-hybridized carbons (Fsp3) is 0.385. The van der Waals surface area contributed by atoms with E-state index in [0.29, 0.717) is 35.4 Å². The van der Waals surface area contributed by atoms with E-state index in [1.165, 1.54) is 0 Å². The Bertz CT molecular complexity index is 1160. The number of nitrogens with zero attached hydrogens (tertiary/aromatic N) is 4. The number of piperidine rings is 1. The van der Waals surface area contributed by atoms with Gasteiger partial charge in [0.15, 0.2) is 11.7 Å². The topological polar surface area (TPSA) is 91.1 Å². The van der Waals surface area contributed by atoms with Gasteiger partial charge in [-0.1, -0.05) is 38.1 Å². The second kappa shape index (κ2) is 9.86. The Labute approximate surface area is 194 Å². The van der Waals surface area contributed by atoms with Crippen LogP contribution in [-0.2, 0) is 11.3 Å². The van der Waals surface area contributed by atoms with E-state index in [-0.39, 0.29) is 5.91 Å². The Kier molecular flexibility index (Phi) is 6.74. The normalized spacial score (nSPS) is 19.0. The molecule has 0 aliphatic carbocycles. The van der Waals surface area contributed by atoms with Crippen molar-refractivity contribution in [3.8, 4) is 11.8 Å². The molecule has 33 heavy (non-hydrogen) atoms. The third kappa shape index (κ3) is 5.06. The van der Waals surface area contributed by atoms with E-state index in [4.69, 9.17) is 14.7 Å². The van der Waals surface area contributed by atoms with Gasteiger partial charge in [0.1, 0.15) is 11.4 Å². The Morgan fingerprint density at radius 1 is 1.12 bits per heavy atom. The highest BCUT2D eigenvalue weighted by atomic mass is 16.5. The van der Waals surface area contributed by atoms with E-state index in [0.717, 1.165) is 36.3 Å². The van der Waals surface area contributed by atoms with Crippen molar-refractivity contribution in [1.82, 2.24) is 15.3 Å². The molecule has 1 amide bonds. The average Bonchev–Trinajstić information content (AvgIpc) is 2.82. The van der Waals surface area contributed by atoms with Crippen molar-refractivity contribution in [2.75, 3.05) is 25.1 Å². The number of hydrogen-bond donors (Lipinski definition) is 1. The lowest BCUT2D eigenvalue weighted by atomic mass is 9.91. The summed E-state index contributed by atoms with van der Waals surface area (Å²) in [7, 11) is 1.61. The lowest BCUT2D eigenvalue weighted by molar-refractivity contribution is -0.121. The van der Waals surface area contributed by atoms with Crippen LogP contribution < -0.4 is 15.0 Å². The highest BCUT2D eigenvalue weighted by Crippen LogP contribution is 2.32. The van der Waals surface area contributed by atoms with Crippen LogP contribution in [0.1, 0.15) is 37.4 Å². The Hall–Kier alpha value is -3.66. The van der Waals surface area contributed by atoms with Crippen LogP contribution in [0.2, 0.25) is 0 Å². The quantitative estimate of drug-likeness (QED) is 0.618. The van der Waals surface area contributed by atoms with E-state index >= 15 is 0 Å². The number of rotatable bonds is 6. The second-order valence-electron chi connectivity index (χ2n) is 8.90. The first-order valence-corrected chi connectivity index (χ1v) is 11.3. The first-order valence-electron chi connectivity index (χ1n) is 11.3. The van der Waals surface area contributed by atoms with Crippen LogP contribution in [-0.4, -0.2) is 36.1 Å². The number of methoxy groups -OCH3 is 1. The van der Waals surface area contributed by atoms with E-state index in [2.05, 4.69) is 30.1 Å². The molecule has 1 aliphatic rings. The molecular weight excluding hydrogens is 414 g/mol. The lowest BCUT2D eigenvalue weighted by Gasteiger charge is -2.36. The van der Waals surface area contributed by atoms with Crippen LogP contribution in [0.4, 0.5) is 5.82 Å². The van der Waals surface area contributed by atoms with Crippen molar-refractivity contribution in [2.24, 2.45) is 11.8 Å². The van der Waals surface area contributed by atoms with Gasteiger partial charge >= 0.3 is 0 Å². The number of nitrogens with one attached hydrogen (secondary N) is 1. The molecule has 1 N–H and O–H groups in total. The van der Waals surface area contributed by atoms with Crippen molar-refractivity contribution in [3.05, 3.63) is 59.8 Å².